The smallest absolute Gasteiger partial charge is 0.244 e. The van der Waals surface area contributed by atoms with Gasteiger partial charge in [-0.3, -0.25) is 14.6 Å². The van der Waals surface area contributed by atoms with Crippen LogP contribution in [0.5, 0.6) is 0 Å². The monoisotopic (exact) mass is 445 g/mol. The van der Waals surface area contributed by atoms with Gasteiger partial charge in [-0.15, -0.1) is 0 Å². The predicted molar refractivity (Wildman–Crippen MR) is 130 cm³/mol. The van der Waals surface area contributed by atoms with Gasteiger partial charge in [0.1, 0.15) is 6.54 Å². The molecule has 1 N–H and O–H groups in total. The van der Waals surface area contributed by atoms with Crippen molar-refractivity contribution in [2.75, 3.05) is 16.8 Å². The number of benzene rings is 3. The molecule has 0 fully saturated rings. The van der Waals surface area contributed by atoms with Crippen molar-refractivity contribution < 1.29 is 9.59 Å². The molecule has 2 amide bonds. The summed E-state index contributed by atoms with van der Waals surface area (Å²) in [6.45, 7) is 4.14. The number of hydrogen-bond acceptors (Lipinski definition) is 3. The molecule has 1 aliphatic heterocycles. The maximum atomic E-state index is 13.2. The van der Waals surface area contributed by atoms with Crippen molar-refractivity contribution in [2.24, 2.45) is 4.99 Å². The molecule has 0 aromatic heterocycles. The summed E-state index contributed by atoms with van der Waals surface area (Å²) in [6.07, 6.45) is 0.0504. The lowest BCUT2D eigenvalue weighted by molar-refractivity contribution is -0.120. The van der Waals surface area contributed by atoms with Crippen molar-refractivity contribution in [3.8, 4) is 0 Å². The third kappa shape index (κ3) is 4.73. The number of fused-ring (bicyclic) bond motifs is 1. The number of aliphatic imine (C=N–C) groups is 1. The van der Waals surface area contributed by atoms with E-state index in [1.54, 1.807) is 12.1 Å². The summed E-state index contributed by atoms with van der Waals surface area (Å²) in [5.74, 6) is -0.0659. The number of anilines is 2. The number of hydrogen-bond donors (Lipinski definition) is 1. The van der Waals surface area contributed by atoms with E-state index < -0.39 is 0 Å². The topological polar surface area (TPSA) is 61.8 Å². The first kappa shape index (κ1) is 21.8. The zero-order valence-corrected chi connectivity index (χ0v) is 18.8. The lowest BCUT2D eigenvalue weighted by Gasteiger charge is -2.22. The van der Waals surface area contributed by atoms with Crippen LogP contribution in [-0.2, 0) is 9.59 Å². The minimum Gasteiger partial charge on any atom is -0.325 e. The van der Waals surface area contributed by atoms with Crippen molar-refractivity contribution in [3.05, 3.63) is 88.9 Å². The Hall–Kier alpha value is -3.44. The van der Waals surface area contributed by atoms with Crippen LogP contribution < -0.4 is 10.2 Å². The van der Waals surface area contributed by atoms with E-state index in [1.807, 2.05) is 60.7 Å². The third-order valence-corrected chi connectivity index (χ3v) is 5.72. The highest BCUT2D eigenvalue weighted by Crippen LogP contribution is 2.33. The van der Waals surface area contributed by atoms with E-state index in [1.165, 1.54) is 10.5 Å². The van der Waals surface area contributed by atoms with Gasteiger partial charge in [-0.2, -0.15) is 0 Å². The Kier molecular flexibility index (Phi) is 6.37. The number of nitrogens with zero attached hydrogens (tertiary/aromatic N) is 2. The Labute approximate surface area is 192 Å². The standard InChI is InChI=1S/C26H24ClN3O2/c1-17(2)18-11-13-19(14-12-18)28-25(31)16-30-24-10-6-5-9-22(24)29-23(15-26(30)32)20-7-3-4-8-21(20)27/h3-14,17H,15-16H2,1-2H3,(H,28,31). The van der Waals surface area contributed by atoms with Crippen molar-refractivity contribution in [1.82, 2.24) is 0 Å². The molecular weight excluding hydrogens is 422 g/mol. The largest absolute Gasteiger partial charge is 0.325 e. The molecule has 0 radical (unpaired) electrons. The average molecular weight is 446 g/mol. The minimum atomic E-state index is -0.272. The van der Waals surface area contributed by atoms with Gasteiger partial charge in [0.15, 0.2) is 0 Å². The van der Waals surface area contributed by atoms with Gasteiger partial charge in [0.2, 0.25) is 11.8 Å². The van der Waals surface area contributed by atoms with Crippen LogP contribution in [0.15, 0.2) is 77.8 Å². The molecule has 1 heterocycles. The molecule has 4 rings (SSSR count). The third-order valence-electron chi connectivity index (χ3n) is 5.40. The van der Waals surface area contributed by atoms with Gasteiger partial charge >= 0.3 is 0 Å². The predicted octanol–water partition coefficient (Wildman–Crippen LogP) is 5.96. The second-order valence-electron chi connectivity index (χ2n) is 8.01. The van der Waals surface area contributed by atoms with E-state index in [4.69, 9.17) is 16.6 Å². The summed E-state index contributed by atoms with van der Waals surface area (Å²) in [5.41, 5.74) is 4.42. The van der Waals surface area contributed by atoms with Crippen molar-refractivity contribution in [3.63, 3.8) is 0 Å². The van der Waals surface area contributed by atoms with Crippen LogP contribution in [0.25, 0.3) is 0 Å². The van der Waals surface area contributed by atoms with Gasteiger partial charge in [-0.25, -0.2) is 0 Å². The summed E-state index contributed by atoms with van der Waals surface area (Å²) in [5, 5.41) is 3.42. The zero-order chi connectivity index (χ0) is 22.7. The van der Waals surface area contributed by atoms with E-state index in [9.17, 15) is 9.59 Å². The fourth-order valence-electron chi connectivity index (χ4n) is 3.66. The number of para-hydroxylation sites is 2. The molecule has 0 atom stereocenters. The highest BCUT2D eigenvalue weighted by Gasteiger charge is 2.27. The number of carbonyl (C=O) groups excluding carboxylic acids is 2. The molecule has 6 heteroatoms. The Morgan fingerprint density at radius 1 is 1.03 bits per heavy atom. The quantitative estimate of drug-likeness (QED) is 0.526. The lowest BCUT2D eigenvalue weighted by atomic mass is 10.0. The van der Waals surface area contributed by atoms with Crippen LogP contribution in [0.2, 0.25) is 5.02 Å². The molecule has 3 aromatic carbocycles. The van der Waals surface area contributed by atoms with E-state index in [0.717, 1.165) is 0 Å². The first-order valence-corrected chi connectivity index (χ1v) is 10.9. The van der Waals surface area contributed by atoms with Gasteiger partial charge in [-0.1, -0.05) is 67.9 Å². The summed E-state index contributed by atoms with van der Waals surface area (Å²) in [4.78, 5) is 32.2. The molecule has 1 aliphatic rings. The van der Waals surface area contributed by atoms with Crippen LogP contribution in [0.1, 0.15) is 37.3 Å². The van der Waals surface area contributed by atoms with Crippen molar-refractivity contribution in [1.29, 1.82) is 0 Å². The molecule has 3 aromatic rings. The lowest BCUT2D eigenvalue weighted by Crippen LogP contribution is -2.38. The van der Waals surface area contributed by atoms with E-state index >= 15 is 0 Å². The van der Waals surface area contributed by atoms with Gasteiger partial charge < -0.3 is 10.2 Å². The molecular formula is C26H24ClN3O2. The normalized spacial score (nSPS) is 13.4. The maximum Gasteiger partial charge on any atom is 0.244 e. The summed E-state index contributed by atoms with van der Waals surface area (Å²) >= 11 is 6.36. The highest BCUT2D eigenvalue weighted by molar-refractivity contribution is 6.35. The SMILES string of the molecule is CC(C)c1ccc(NC(=O)CN2C(=O)CC(c3ccccc3Cl)=Nc3ccccc32)cc1. The highest BCUT2D eigenvalue weighted by atomic mass is 35.5. The maximum absolute atomic E-state index is 13.2. The zero-order valence-electron chi connectivity index (χ0n) is 18.0. The fourth-order valence-corrected chi connectivity index (χ4v) is 3.91. The second kappa shape index (κ2) is 9.37. The minimum absolute atomic E-state index is 0.0504. The summed E-state index contributed by atoms with van der Waals surface area (Å²) in [7, 11) is 0. The number of rotatable bonds is 5. The van der Waals surface area contributed by atoms with Crippen LogP contribution in [0.3, 0.4) is 0 Å². The van der Waals surface area contributed by atoms with E-state index in [0.29, 0.717) is 39.3 Å². The van der Waals surface area contributed by atoms with Gasteiger partial charge in [0.05, 0.1) is 23.5 Å². The first-order valence-electron chi connectivity index (χ1n) is 10.5. The van der Waals surface area contributed by atoms with Crippen LogP contribution >= 0.6 is 11.6 Å². The molecule has 162 valence electrons. The van der Waals surface area contributed by atoms with Gasteiger partial charge in [-0.05, 0) is 41.8 Å². The first-order chi connectivity index (χ1) is 15.4. The number of carbonyl (C=O) groups is 2. The summed E-state index contributed by atoms with van der Waals surface area (Å²) < 4.78 is 0. The molecule has 0 saturated heterocycles. The molecule has 0 aliphatic carbocycles. The molecule has 0 bridgehead atoms. The van der Waals surface area contributed by atoms with Gasteiger partial charge in [0, 0.05) is 16.3 Å². The van der Waals surface area contributed by atoms with Gasteiger partial charge in [0.25, 0.3) is 0 Å². The fraction of sp³-hybridized carbons (Fsp3) is 0.192. The van der Waals surface area contributed by atoms with Crippen LogP contribution in [-0.4, -0.2) is 24.1 Å². The summed E-state index contributed by atoms with van der Waals surface area (Å²) in [6, 6.07) is 22.4. The van der Waals surface area contributed by atoms with E-state index in [-0.39, 0.29) is 24.8 Å². The van der Waals surface area contributed by atoms with Crippen molar-refractivity contribution >= 4 is 46.2 Å². The Balaban J connectivity index is 1.57. The Morgan fingerprint density at radius 3 is 2.44 bits per heavy atom. The Bertz CT molecular complexity index is 1190. The molecule has 0 spiro atoms. The molecule has 32 heavy (non-hydrogen) atoms. The molecule has 0 saturated carbocycles. The average Bonchev–Trinajstić information content (AvgIpc) is 2.91. The van der Waals surface area contributed by atoms with Crippen LogP contribution in [0.4, 0.5) is 17.1 Å². The Morgan fingerprint density at radius 2 is 1.72 bits per heavy atom. The molecule has 0 unspecified atom stereocenters. The number of amides is 2. The number of halogens is 1. The number of nitrogens with one attached hydrogen (secondary N) is 1. The van der Waals surface area contributed by atoms with Crippen LogP contribution in [0, 0.1) is 0 Å². The second-order valence-corrected chi connectivity index (χ2v) is 8.42. The van der Waals surface area contributed by atoms with E-state index in [2.05, 4.69) is 19.2 Å². The van der Waals surface area contributed by atoms with Crippen molar-refractivity contribution in [2.45, 2.75) is 26.2 Å². The molecule has 5 nitrogen and oxygen atoms in total.